The van der Waals surface area contributed by atoms with Gasteiger partial charge in [-0.15, -0.1) is 0 Å². The number of aryl methyl sites for hydroxylation is 1. The molecule has 2 N–H and O–H groups in total. The lowest BCUT2D eigenvalue weighted by Gasteiger charge is -2.15. The Balaban J connectivity index is 1.90. The Labute approximate surface area is 175 Å². The first-order valence-corrected chi connectivity index (χ1v) is 10.5. The maximum absolute atomic E-state index is 12.9. The molecule has 0 aliphatic carbocycles. The zero-order valence-electron chi connectivity index (χ0n) is 16.8. The number of methoxy groups -OCH3 is 2. The second-order valence-corrected chi connectivity index (χ2v) is 8.17. The van der Waals surface area contributed by atoms with E-state index in [2.05, 4.69) is 10.0 Å². The van der Waals surface area contributed by atoms with Crippen molar-refractivity contribution in [1.29, 1.82) is 0 Å². The summed E-state index contributed by atoms with van der Waals surface area (Å²) in [5.74, 6) is 0.491. The monoisotopic (exact) mass is 426 g/mol. The molecule has 0 aromatic heterocycles. The van der Waals surface area contributed by atoms with E-state index in [1.165, 1.54) is 38.5 Å². The van der Waals surface area contributed by atoms with E-state index in [0.717, 1.165) is 5.56 Å². The first kappa shape index (κ1) is 21.2. The molecule has 0 aliphatic rings. The van der Waals surface area contributed by atoms with Crippen LogP contribution >= 0.6 is 0 Å². The summed E-state index contributed by atoms with van der Waals surface area (Å²) in [5, 5.41) is 2.75. The Bertz CT molecular complexity index is 1160. The zero-order valence-corrected chi connectivity index (χ0v) is 17.6. The predicted octanol–water partition coefficient (Wildman–Crippen LogP) is 4.07. The molecular formula is C22H22N2O5S. The molecule has 30 heavy (non-hydrogen) atoms. The fourth-order valence-corrected chi connectivity index (χ4v) is 3.87. The lowest BCUT2D eigenvalue weighted by Crippen LogP contribution is -2.19. The van der Waals surface area contributed by atoms with Gasteiger partial charge >= 0.3 is 0 Å². The molecule has 0 saturated carbocycles. The molecule has 7 nitrogen and oxygen atoms in total. The van der Waals surface area contributed by atoms with Crippen LogP contribution in [0.3, 0.4) is 0 Å². The van der Waals surface area contributed by atoms with Gasteiger partial charge < -0.3 is 14.8 Å². The number of hydrogen-bond donors (Lipinski definition) is 2. The Morgan fingerprint density at radius 2 is 1.57 bits per heavy atom. The van der Waals surface area contributed by atoms with Crippen molar-refractivity contribution in [1.82, 2.24) is 0 Å². The van der Waals surface area contributed by atoms with Crippen molar-refractivity contribution in [3.05, 3.63) is 77.9 Å². The van der Waals surface area contributed by atoms with Gasteiger partial charge in [-0.05, 0) is 43.3 Å². The summed E-state index contributed by atoms with van der Waals surface area (Å²) >= 11 is 0. The van der Waals surface area contributed by atoms with Gasteiger partial charge in [0.25, 0.3) is 15.9 Å². The Morgan fingerprint density at radius 3 is 2.23 bits per heavy atom. The topological polar surface area (TPSA) is 93.7 Å². The molecule has 0 unspecified atom stereocenters. The van der Waals surface area contributed by atoms with Crippen molar-refractivity contribution in [3.63, 3.8) is 0 Å². The average Bonchev–Trinajstić information content (AvgIpc) is 2.74. The zero-order chi connectivity index (χ0) is 21.7. The summed E-state index contributed by atoms with van der Waals surface area (Å²) in [7, 11) is -0.854. The molecule has 156 valence electrons. The van der Waals surface area contributed by atoms with E-state index in [0.29, 0.717) is 17.2 Å². The van der Waals surface area contributed by atoms with Crippen LogP contribution < -0.4 is 19.5 Å². The lowest BCUT2D eigenvalue weighted by molar-refractivity contribution is 0.102. The summed E-state index contributed by atoms with van der Waals surface area (Å²) < 4.78 is 38.5. The highest BCUT2D eigenvalue weighted by Crippen LogP contribution is 2.30. The number of rotatable bonds is 7. The summed E-state index contributed by atoms with van der Waals surface area (Å²) in [6, 6.07) is 17.8. The maximum Gasteiger partial charge on any atom is 0.261 e. The fraction of sp³-hybridized carbons (Fsp3) is 0.136. The van der Waals surface area contributed by atoms with Crippen LogP contribution in [0.1, 0.15) is 15.9 Å². The molecule has 0 heterocycles. The van der Waals surface area contributed by atoms with Gasteiger partial charge in [0.05, 0.1) is 36.1 Å². The number of carbonyl (C=O) groups excluding carboxylic acids is 1. The quantitative estimate of drug-likeness (QED) is 0.594. The number of sulfonamides is 1. The van der Waals surface area contributed by atoms with Crippen molar-refractivity contribution < 1.29 is 22.7 Å². The van der Waals surface area contributed by atoms with E-state index in [-0.39, 0.29) is 16.1 Å². The minimum Gasteiger partial charge on any atom is -0.497 e. The molecule has 3 rings (SSSR count). The number of amides is 1. The van der Waals surface area contributed by atoms with Crippen LogP contribution in [0.2, 0.25) is 0 Å². The van der Waals surface area contributed by atoms with Crippen molar-refractivity contribution in [2.24, 2.45) is 0 Å². The second-order valence-electron chi connectivity index (χ2n) is 6.48. The molecule has 8 heteroatoms. The van der Waals surface area contributed by atoms with Crippen molar-refractivity contribution in [3.8, 4) is 11.5 Å². The minimum absolute atomic E-state index is 0.109. The van der Waals surface area contributed by atoms with Crippen LogP contribution in [0, 0.1) is 6.92 Å². The smallest absolute Gasteiger partial charge is 0.261 e. The van der Waals surface area contributed by atoms with Crippen molar-refractivity contribution in [2.45, 2.75) is 11.8 Å². The van der Waals surface area contributed by atoms with E-state index in [1.54, 1.807) is 42.5 Å². The molecule has 0 aliphatic heterocycles. The molecule has 0 fully saturated rings. The van der Waals surface area contributed by atoms with E-state index in [4.69, 9.17) is 9.47 Å². The van der Waals surface area contributed by atoms with Gasteiger partial charge in [0.2, 0.25) is 0 Å². The average molecular weight is 426 g/mol. The van der Waals surface area contributed by atoms with Crippen LogP contribution in [0.15, 0.2) is 71.6 Å². The number of benzene rings is 3. The van der Waals surface area contributed by atoms with E-state index >= 15 is 0 Å². The highest BCUT2D eigenvalue weighted by molar-refractivity contribution is 7.92. The number of ether oxygens (including phenoxy) is 2. The van der Waals surface area contributed by atoms with Gasteiger partial charge in [-0.1, -0.05) is 29.8 Å². The molecule has 0 atom stereocenters. The Morgan fingerprint density at radius 1 is 0.867 bits per heavy atom. The molecule has 3 aromatic rings. The second kappa shape index (κ2) is 8.87. The third kappa shape index (κ3) is 4.72. The van der Waals surface area contributed by atoms with Gasteiger partial charge in [0.1, 0.15) is 11.5 Å². The third-order valence-electron chi connectivity index (χ3n) is 4.40. The molecule has 0 saturated heterocycles. The van der Waals surface area contributed by atoms with Crippen LogP contribution in [0.4, 0.5) is 11.4 Å². The van der Waals surface area contributed by atoms with Gasteiger partial charge in [-0.2, -0.15) is 0 Å². The highest BCUT2D eigenvalue weighted by Gasteiger charge is 2.19. The number of para-hydroxylation sites is 1. The Kier molecular flexibility index (Phi) is 6.27. The van der Waals surface area contributed by atoms with Crippen LogP contribution in [0.5, 0.6) is 11.5 Å². The van der Waals surface area contributed by atoms with E-state index in [1.807, 2.05) is 6.92 Å². The van der Waals surface area contributed by atoms with E-state index < -0.39 is 15.9 Å². The standard InChI is InChI=1S/C22H22N2O5S/c1-15-8-11-17(12-9-15)30(26,27)24-19-7-5-4-6-18(19)22(25)23-20-14-16(28-2)10-13-21(20)29-3/h4-14,24H,1-3H3,(H,23,25). The molecule has 3 aromatic carbocycles. The summed E-state index contributed by atoms with van der Waals surface area (Å²) in [5.41, 5.74) is 1.68. The maximum atomic E-state index is 12.9. The lowest BCUT2D eigenvalue weighted by atomic mass is 10.1. The van der Waals surface area contributed by atoms with Crippen molar-refractivity contribution in [2.75, 3.05) is 24.3 Å². The van der Waals surface area contributed by atoms with Gasteiger partial charge in [0, 0.05) is 6.07 Å². The van der Waals surface area contributed by atoms with Crippen LogP contribution in [-0.2, 0) is 10.0 Å². The van der Waals surface area contributed by atoms with Gasteiger partial charge in [-0.3, -0.25) is 9.52 Å². The molecule has 1 amide bonds. The SMILES string of the molecule is COc1ccc(OC)c(NC(=O)c2ccccc2NS(=O)(=O)c2ccc(C)cc2)c1. The molecule has 0 bridgehead atoms. The first-order chi connectivity index (χ1) is 14.3. The third-order valence-corrected chi connectivity index (χ3v) is 5.78. The van der Waals surface area contributed by atoms with Crippen LogP contribution in [-0.4, -0.2) is 28.5 Å². The van der Waals surface area contributed by atoms with E-state index in [9.17, 15) is 13.2 Å². The largest absolute Gasteiger partial charge is 0.497 e. The minimum atomic E-state index is -3.86. The van der Waals surface area contributed by atoms with Crippen molar-refractivity contribution >= 4 is 27.3 Å². The number of anilines is 2. The molecule has 0 radical (unpaired) electrons. The Hall–Kier alpha value is -3.52. The predicted molar refractivity (Wildman–Crippen MR) is 116 cm³/mol. The summed E-state index contributed by atoms with van der Waals surface area (Å²) in [6.07, 6.45) is 0. The number of carbonyl (C=O) groups is 1. The highest BCUT2D eigenvalue weighted by atomic mass is 32.2. The van der Waals surface area contributed by atoms with Crippen LogP contribution in [0.25, 0.3) is 0 Å². The molecular weight excluding hydrogens is 404 g/mol. The van der Waals surface area contributed by atoms with Gasteiger partial charge in [0.15, 0.2) is 0 Å². The summed E-state index contributed by atoms with van der Waals surface area (Å²) in [6.45, 7) is 1.87. The van der Waals surface area contributed by atoms with Gasteiger partial charge in [-0.25, -0.2) is 8.42 Å². The fourth-order valence-electron chi connectivity index (χ4n) is 2.79. The normalized spacial score (nSPS) is 10.9. The first-order valence-electron chi connectivity index (χ1n) is 9.06. The summed E-state index contributed by atoms with van der Waals surface area (Å²) in [4.78, 5) is 13.0. The molecule has 0 spiro atoms. The number of nitrogens with one attached hydrogen (secondary N) is 2. The number of hydrogen-bond acceptors (Lipinski definition) is 5.